The van der Waals surface area contributed by atoms with Crippen LogP contribution in [0.25, 0.3) is 0 Å². The monoisotopic (exact) mass is 249 g/mol. The molecule has 4 nitrogen and oxygen atoms in total. The SMILES string of the molecule is Cc1cc(C(=O)N(C)CC2CC(O)C2)ccc1O. The molecule has 98 valence electrons. The van der Waals surface area contributed by atoms with E-state index < -0.39 is 0 Å². The number of carbonyl (C=O) groups is 1. The van der Waals surface area contributed by atoms with Crippen LogP contribution in [0.5, 0.6) is 5.75 Å². The molecule has 0 spiro atoms. The van der Waals surface area contributed by atoms with Crippen LogP contribution in [0.15, 0.2) is 18.2 Å². The molecular formula is C14H19NO3. The molecule has 0 bridgehead atoms. The summed E-state index contributed by atoms with van der Waals surface area (Å²) in [7, 11) is 1.77. The number of benzene rings is 1. The van der Waals surface area contributed by atoms with E-state index in [1.807, 2.05) is 0 Å². The first-order valence-corrected chi connectivity index (χ1v) is 6.20. The Balaban J connectivity index is 1.99. The Bertz CT molecular complexity index is 452. The number of amides is 1. The lowest BCUT2D eigenvalue weighted by Gasteiger charge is -2.34. The van der Waals surface area contributed by atoms with Crippen LogP contribution in [-0.4, -0.2) is 40.7 Å². The first kappa shape index (κ1) is 12.9. The van der Waals surface area contributed by atoms with Gasteiger partial charge in [0, 0.05) is 19.2 Å². The summed E-state index contributed by atoms with van der Waals surface area (Å²) in [5.41, 5.74) is 1.29. The third-order valence-electron chi connectivity index (χ3n) is 3.53. The van der Waals surface area contributed by atoms with Crippen molar-refractivity contribution in [3.05, 3.63) is 29.3 Å². The summed E-state index contributed by atoms with van der Waals surface area (Å²) in [6.45, 7) is 2.45. The first-order valence-electron chi connectivity index (χ1n) is 6.20. The normalized spacial score (nSPS) is 22.4. The van der Waals surface area contributed by atoms with Crippen molar-refractivity contribution >= 4 is 5.91 Å². The molecule has 0 unspecified atom stereocenters. The maximum Gasteiger partial charge on any atom is 0.253 e. The van der Waals surface area contributed by atoms with Crippen molar-refractivity contribution in [1.82, 2.24) is 4.90 Å². The molecule has 1 amide bonds. The van der Waals surface area contributed by atoms with Crippen LogP contribution in [0.4, 0.5) is 0 Å². The van der Waals surface area contributed by atoms with Gasteiger partial charge in [-0.1, -0.05) is 0 Å². The molecule has 0 saturated heterocycles. The summed E-state index contributed by atoms with van der Waals surface area (Å²) in [6.07, 6.45) is 1.38. The predicted molar refractivity (Wildman–Crippen MR) is 68.5 cm³/mol. The van der Waals surface area contributed by atoms with E-state index in [-0.39, 0.29) is 17.8 Å². The van der Waals surface area contributed by atoms with Crippen molar-refractivity contribution in [3.8, 4) is 5.75 Å². The van der Waals surface area contributed by atoms with Gasteiger partial charge in [0.15, 0.2) is 0 Å². The summed E-state index contributed by atoms with van der Waals surface area (Å²) in [4.78, 5) is 13.8. The highest BCUT2D eigenvalue weighted by Gasteiger charge is 2.29. The molecule has 1 aromatic carbocycles. The van der Waals surface area contributed by atoms with Gasteiger partial charge < -0.3 is 15.1 Å². The number of carbonyl (C=O) groups excluding carboxylic acids is 1. The largest absolute Gasteiger partial charge is 0.508 e. The lowest BCUT2D eigenvalue weighted by atomic mass is 9.82. The average molecular weight is 249 g/mol. The van der Waals surface area contributed by atoms with E-state index in [0.717, 1.165) is 12.8 Å². The molecule has 1 aliphatic rings. The second kappa shape index (κ2) is 4.98. The molecule has 4 heteroatoms. The van der Waals surface area contributed by atoms with E-state index in [0.29, 0.717) is 23.6 Å². The fourth-order valence-corrected chi connectivity index (χ4v) is 2.33. The number of aryl methyl sites for hydroxylation is 1. The van der Waals surface area contributed by atoms with Crippen LogP contribution in [0.1, 0.15) is 28.8 Å². The van der Waals surface area contributed by atoms with Crippen LogP contribution in [0.2, 0.25) is 0 Å². The topological polar surface area (TPSA) is 60.8 Å². The standard InChI is InChI=1S/C14H19NO3/c1-9-5-11(3-4-13(9)17)14(18)15(2)8-10-6-12(16)7-10/h3-5,10,12,16-17H,6-8H2,1-2H3. The predicted octanol–water partition coefficient (Wildman–Crippen LogP) is 1.54. The number of aliphatic hydroxyl groups is 1. The number of hydrogen-bond donors (Lipinski definition) is 2. The first-order chi connectivity index (χ1) is 8.47. The van der Waals surface area contributed by atoms with Crippen molar-refractivity contribution in [3.63, 3.8) is 0 Å². The van der Waals surface area contributed by atoms with Gasteiger partial charge in [-0.15, -0.1) is 0 Å². The summed E-state index contributed by atoms with van der Waals surface area (Å²) in [6, 6.07) is 4.88. The van der Waals surface area contributed by atoms with Crippen LogP contribution in [-0.2, 0) is 0 Å². The summed E-state index contributed by atoms with van der Waals surface area (Å²) in [5, 5.41) is 18.7. The van der Waals surface area contributed by atoms with Gasteiger partial charge in [0.25, 0.3) is 5.91 Å². The van der Waals surface area contributed by atoms with Gasteiger partial charge >= 0.3 is 0 Å². The minimum absolute atomic E-state index is 0.0421. The van der Waals surface area contributed by atoms with Crippen LogP contribution < -0.4 is 0 Å². The Morgan fingerprint density at radius 1 is 1.44 bits per heavy atom. The Morgan fingerprint density at radius 2 is 2.11 bits per heavy atom. The molecule has 0 atom stereocenters. The van der Waals surface area contributed by atoms with Crippen molar-refractivity contribution in [2.24, 2.45) is 5.92 Å². The molecule has 1 saturated carbocycles. The van der Waals surface area contributed by atoms with Gasteiger partial charge in [0.05, 0.1) is 6.10 Å². The lowest BCUT2D eigenvalue weighted by Crippen LogP contribution is -2.39. The molecule has 0 heterocycles. The molecule has 2 rings (SSSR count). The second-order valence-corrected chi connectivity index (χ2v) is 5.18. The highest BCUT2D eigenvalue weighted by Crippen LogP contribution is 2.28. The molecular weight excluding hydrogens is 230 g/mol. The molecule has 2 N–H and O–H groups in total. The zero-order valence-electron chi connectivity index (χ0n) is 10.8. The number of phenolic OH excluding ortho intramolecular Hbond substituents is 1. The average Bonchev–Trinajstić information content (AvgIpc) is 2.29. The van der Waals surface area contributed by atoms with E-state index in [1.54, 1.807) is 37.1 Å². The van der Waals surface area contributed by atoms with Gasteiger partial charge in [0.2, 0.25) is 0 Å². The smallest absolute Gasteiger partial charge is 0.253 e. The van der Waals surface area contributed by atoms with Crippen LogP contribution in [0.3, 0.4) is 0 Å². The van der Waals surface area contributed by atoms with Gasteiger partial charge in [-0.2, -0.15) is 0 Å². The van der Waals surface area contributed by atoms with Crippen molar-refractivity contribution < 1.29 is 15.0 Å². The third kappa shape index (κ3) is 2.64. The van der Waals surface area contributed by atoms with E-state index in [4.69, 9.17) is 0 Å². The Kier molecular flexibility index (Phi) is 3.57. The molecule has 18 heavy (non-hydrogen) atoms. The lowest BCUT2D eigenvalue weighted by molar-refractivity contribution is 0.0265. The Morgan fingerprint density at radius 3 is 2.67 bits per heavy atom. The van der Waals surface area contributed by atoms with E-state index in [1.165, 1.54) is 0 Å². The van der Waals surface area contributed by atoms with Crippen LogP contribution in [0, 0.1) is 12.8 Å². The molecule has 1 fully saturated rings. The second-order valence-electron chi connectivity index (χ2n) is 5.18. The minimum atomic E-state index is -0.186. The molecule has 0 aliphatic heterocycles. The number of aromatic hydroxyl groups is 1. The van der Waals surface area contributed by atoms with Gasteiger partial charge in [-0.05, 0) is 49.4 Å². The maximum atomic E-state index is 12.1. The third-order valence-corrected chi connectivity index (χ3v) is 3.53. The maximum absolute atomic E-state index is 12.1. The number of phenols is 1. The number of nitrogens with zero attached hydrogens (tertiary/aromatic N) is 1. The zero-order chi connectivity index (χ0) is 13.3. The fraction of sp³-hybridized carbons (Fsp3) is 0.500. The quantitative estimate of drug-likeness (QED) is 0.854. The molecule has 0 aromatic heterocycles. The highest BCUT2D eigenvalue weighted by atomic mass is 16.3. The summed E-state index contributed by atoms with van der Waals surface area (Å²) in [5.74, 6) is 0.572. The van der Waals surface area contributed by atoms with Crippen LogP contribution >= 0.6 is 0 Å². The van der Waals surface area contributed by atoms with Gasteiger partial charge in [-0.3, -0.25) is 4.79 Å². The number of rotatable bonds is 3. The van der Waals surface area contributed by atoms with Crippen molar-refractivity contribution in [1.29, 1.82) is 0 Å². The Labute approximate surface area is 107 Å². The molecule has 0 radical (unpaired) electrons. The van der Waals surface area contributed by atoms with E-state index >= 15 is 0 Å². The summed E-state index contributed by atoms with van der Waals surface area (Å²) < 4.78 is 0. The van der Waals surface area contributed by atoms with E-state index in [2.05, 4.69) is 0 Å². The summed E-state index contributed by atoms with van der Waals surface area (Å²) >= 11 is 0. The Hall–Kier alpha value is -1.55. The fourth-order valence-electron chi connectivity index (χ4n) is 2.33. The molecule has 1 aliphatic carbocycles. The molecule has 1 aromatic rings. The van der Waals surface area contributed by atoms with E-state index in [9.17, 15) is 15.0 Å². The highest BCUT2D eigenvalue weighted by molar-refractivity contribution is 5.94. The minimum Gasteiger partial charge on any atom is -0.508 e. The van der Waals surface area contributed by atoms with Gasteiger partial charge in [0.1, 0.15) is 5.75 Å². The van der Waals surface area contributed by atoms with Crippen molar-refractivity contribution in [2.45, 2.75) is 25.9 Å². The van der Waals surface area contributed by atoms with Crippen molar-refractivity contribution in [2.75, 3.05) is 13.6 Å². The zero-order valence-corrected chi connectivity index (χ0v) is 10.8. The number of aliphatic hydroxyl groups excluding tert-OH is 1. The van der Waals surface area contributed by atoms with Gasteiger partial charge in [-0.25, -0.2) is 0 Å². The number of hydrogen-bond acceptors (Lipinski definition) is 3.